The molecule has 0 aliphatic rings. The van der Waals surface area contributed by atoms with Gasteiger partial charge in [0.1, 0.15) is 7.14 Å². The third-order valence-electron chi connectivity index (χ3n) is 5.94. The van der Waals surface area contributed by atoms with Crippen LogP contribution in [-0.4, -0.2) is 11.3 Å². The Morgan fingerprint density at radius 3 is 1.66 bits per heavy atom. The molecule has 0 fully saturated rings. The summed E-state index contributed by atoms with van der Waals surface area (Å²) in [6.45, 7) is 8.32. The molecule has 0 spiro atoms. The summed E-state index contributed by atoms with van der Waals surface area (Å²) in [5.41, 5.74) is 2.58. The predicted molar refractivity (Wildman–Crippen MR) is 132 cm³/mol. The first kappa shape index (κ1) is 20.4. The van der Waals surface area contributed by atoms with Crippen LogP contribution < -0.4 is 5.30 Å². The van der Waals surface area contributed by atoms with Crippen LogP contribution in [0.3, 0.4) is 0 Å². The third kappa shape index (κ3) is 3.27. The van der Waals surface area contributed by atoms with Crippen molar-refractivity contribution in [3.8, 4) is 11.1 Å². The number of rotatable bonds is 4. The van der Waals surface area contributed by atoms with Crippen LogP contribution in [0.1, 0.15) is 27.7 Å². The second-order valence-electron chi connectivity index (χ2n) is 8.23. The van der Waals surface area contributed by atoms with E-state index in [0.717, 1.165) is 15.3 Å². The van der Waals surface area contributed by atoms with Gasteiger partial charge in [0.05, 0.1) is 0 Å². The molecule has 0 aliphatic carbocycles. The Bertz CT molecular complexity index is 1190. The molecule has 3 heteroatoms. The maximum Gasteiger partial charge on any atom is 0.120 e. The Balaban J connectivity index is 2.08. The van der Waals surface area contributed by atoms with Gasteiger partial charge in [-0.15, -0.1) is 0 Å². The Labute approximate surface area is 181 Å². The normalized spacial score (nSPS) is 12.4. The smallest absolute Gasteiger partial charge is 0.120 e. The summed E-state index contributed by atoms with van der Waals surface area (Å²) in [6, 6.07) is 25.4. The summed E-state index contributed by atoms with van der Waals surface area (Å²) in [5.74, 6) is 0. The number of hydrogen-bond donors (Lipinski definition) is 0. The molecule has 0 unspecified atom stereocenters. The Hall–Kier alpha value is -1.89. The minimum Gasteiger partial charge on any atom is -0.318 e. The van der Waals surface area contributed by atoms with Crippen molar-refractivity contribution in [1.82, 2.24) is 0 Å². The highest BCUT2D eigenvalue weighted by molar-refractivity contribution is 9.10. The van der Waals surface area contributed by atoms with Crippen LogP contribution in [0.2, 0.25) is 0 Å². The highest BCUT2D eigenvalue weighted by atomic mass is 79.9. The maximum atomic E-state index is 14.0. The van der Waals surface area contributed by atoms with E-state index < -0.39 is 7.14 Å². The summed E-state index contributed by atoms with van der Waals surface area (Å²) >= 11 is 3.83. The van der Waals surface area contributed by atoms with E-state index in [-0.39, 0.29) is 11.3 Å². The van der Waals surface area contributed by atoms with E-state index >= 15 is 0 Å². The van der Waals surface area contributed by atoms with Crippen molar-refractivity contribution < 1.29 is 4.57 Å². The van der Waals surface area contributed by atoms with Crippen molar-refractivity contribution in [3.63, 3.8) is 0 Å². The average molecular weight is 465 g/mol. The largest absolute Gasteiger partial charge is 0.318 e. The zero-order valence-electron chi connectivity index (χ0n) is 17.3. The number of fused-ring (bicyclic) bond motifs is 2. The summed E-state index contributed by atoms with van der Waals surface area (Å²) in [6.07, 6.45) is 0. The molecule has 0 radical (unpaired) electrons. The average Bonchev–Trinajstić information content (AvgIpc) is 2.73. The van der Waals surface area contributed by atoms with Gasteiger partial charge in [-0.25, -0.2) is 0 Å². The van der Waals surface area contributed by atoms with Gasteiger partial charge in [0.15, 0.2) is 0 Å². The molecule has 0 bridgehead atoms. The molecule has 4 aromatic rings. The van der Waals surface area contributed by atoms with Crippen LogP contribution in [-0.2, 0) is 4.57 Å². The third-order valence-corrected chi connectivity index (χ3v) is 10.9. The fourth-order valence-electron chi connectivity index (χ4n) is 4.46. The van der Waals surface area contributed by atoms with Crippen molar-refractivity contribution in [2.24, 2.45) is 0 Å². The zero-order chi connectivity index (χ0) is 20.8. The zero-order valence-corrected chi connectivity index (χ0v) is 19.8. The van der Waals surface area contributed by atoms with Crippen molar-refractivity contribution in [3.05, 3.63) is 77.3 Å². The molecule has 0 amide bonds. The lowest BCUT2D eigenvalue weighted by atomic mass is 9.92. The first-order valence-electron chi connectivity index (χ1n) is 10.1. The van der Waals surface area contributed by atoms with Gasteiger partial charge in [0.25, 0.3) is 0 Å². The van der Waals surface area contributed by atoms with Crippen molar-refractivity contribution in [1.29, 1.82) is 0 Å². The van der Waals surface area contributed by atoms with Crippen molar-refractivity contribution >= 4 is 49.9 Å². The SMILES string of the molecule is CC(C)P(=O)(c1cccc(-c2c3ccccc3c(Br)c3ccccc23)c1)C(C)C. The summed E-state index contributed by atoms with van der Waals surface area (Å²) in [5, 5.41) is 5.79. The molecular formula is C26H26BrOP. The number of hydrogen-bond acceptors (Lipinski definition) is 1. The number of benzene rings is 4. The lowest BCUT2D eigenvalue weighted by Crippen LogP contribution is -2.19. The lowest BCUT2D eigenvalue weighted by molar-refractivity contribution is 0.569. The molecule has 1 nitrogen and oxygen atoms in total. The predicted octanol–water partition coefficient (Wildman–Crippen LogP) is 8.23. The van der Waals surface area contributed by atoms with Gasteiger partial charge in [-0.1, -0.05) is 94.4 Å². The van der Waals surface area contributed by atoms with Gasteiger partial charge in [-0.2, -0.15) is 0 Å². The monoisotopic (exact) mass is 464 g/mol. The Kier molecular flexibility index (Phi) is 5.44. The molecule has 4 aromatic carbocycles. The van der Waals surface area contributed by atoms with Gasteiger partial charge in [0.2, 0.25) is 0 Å². The van der Waals surface area contributed by atoms with Crippen LogP contribution >= 0.6 is 23.1 Å². The summed E-state index contributed by atoms with van der Waals surface area (Å²) in [7, 11) is -2.50. The van der Waals surface area contributed by atoms with Crippen LogP contribution in [0, 0.1) is 0 Å². The van der Waals surface area contributed by atoms with Crippen molar-refractivity contribution in [2.45, 2.75) is 39.0 Å². The highest BCUT2D eigenvalue weighted by Crippen LogP contribution is 2.54. The minimum absolute atomic E-state index is 0.121. The molecule has 0 heterocycles. The van der Waals surface area contributed by atoms with Crippen molar-refractivity contribution in [2.75, 3.05) is 0 Å². The molecule has 0 atom stereocenters. The number of halogens is 1. The van der Waals surface area contributed by atoms with Gasteiger partial charge in [-0.3, -0.25) is 0 Å². The molecule has 0 N–H and O–H groups in total. The molecule has 4 rings (SSSR count). The fraction of sp³-hybridized carbons (Fsp3) is 0.231. The molecule has 29 heavy (non-hydrogen) atoms. The fourth-order valence-corrected chi connectivity index (χ4v) is 8.19. The van der Waals surface area contributed by atoms with E-state index in [4.69, 9.17) is 0 Å². The molecule has 0 aliphatic heterocycles. The standard InChI is InChI=1S/C26H26BrOP/c1-17(2)29(28,18(3)4)20-11-9-10-19(16-20)25-21-12-5-7-14-23(21)26(27)24-15-8-6-13-22(24)25/h5-18H,1-4H3. The second kappa shape index (κ2) is 7.74. The van der Waals surface area contributed by atoms with Crippen LogP contribution in [0.5, 0.6) is 0 Å². The topological polar surface area (TPSA) is 17.1 Å². The second-order valence-corrected chi connectivity index (χ2v) is 13.0. The Morgan fingerprint density at radius 2 is 1.17 bits per heavy atom. The van der Waals surface area contributed by atoms with Crippen LogP contribution in [0.25, 0.3) is 32.7 Å². The summed E-state index contributed by atoms with van der Waals surface area (Å²) < 4.78 is 15.1. The van der Waals surface area contributed by atoms with Crippen LogP contribution in [0.15, 0.2) is 77.3 Å². The first-order valence-corrected chi connectivity index (χ1v) is 12.8. The van der Waals surface area contributed by atoms with E-state index in [1.54, 1.807) is 0 Å². The van der Waals surface area contributed by atoms with E-state index in [1.165, 1.54) is 27.1 Å². The highest BCUT2D eigenvalue weighted by Gasteiger charge is 2.32. The van der Waals surface area contributed by atoms with Crippen LogP contribution in [0.4, 0.5) is 0 Å². The lowest BCUT2D eigenvalue weighted by Gasteiger charge is -2.27. The van der Waals surface area contributed by atoms with Gasteiger partial charge in [0, 0.05) is 21.1 Å². The maximum absolute atomic E-state index is 14.0. The molecule has 0 aromatic heterocycles. The van der Waals surface area contributed by atoms with Gasteiger partial charge in [-0.05, 0) is 54.7 Å². The van der Waals surface area contributed by atoms with E-state index in [0.29, 0.717) is 0 Å². The van der Waals surface area contributed by atoms with E-state index in [9.17, 15) is 4.57 Å². The summed E-state index contributed by atoms with van der Waals surface area (Å²) in [4.78, 5) is 0. The first-order chi connectivity index (χ1) is 13.9. The van der Waals surface area contributed by atoms with E-state index in [2.05, 4.69) is 110 Å². The molecule has 0 saturated carbocycles. The van der Waals surface area contributed by atoms with Gasteiger partial charge < -0.3 is 4.57 Å². The minimum atomic E-state index is -2.50. The molecular weight excluding hydrogens is 439 g/mol. The quantitative estimate of drug-likeness (QED) is 0.219. The van der Waals surface area contributed by atoms with E-state index in [1.807, 2.05) is 6.07 Å². The Morgan fingerprint density at radius 1 is 0.690 bits per heavy atom. The molecule has 148 valence electrons. The molecule has 0 saturated heterocycles. The van der Waals surface area contributed by atoms with Gasteiger partial charge >= 0.3 is 0 Å².